The van der Waals surface area contributed by atoms with E-state index >= 15 is 0 Å². The molecule has 3 aromatic rings. The van der Waals surface area contributed by atoms with Crippen LogP contribution in [0.1, 0.15) is 22.8 Å². The molecule has 0 bridgehead atoms. The maximum atomic E-state index is 4.31. The van der Waals surface area contributed by atoms with Crippen LogP contribution in [0.2, 0.25) is 0 Å². The smallest absolute Gasteiger partial charge is 0.0769 e. The van der Waals surface area contributed by atoms with Crippen molar-refractivity contribution in [3.05, 3.63) is 83.7 Å². The predicted molar refractivity (Wildman–Crippen MR) is 101 cm³/mol. The van der Waals surface area contributed by atoms with Crippen LogP contribution in [-0.4, -0.2) is 33.3 Å². The van der Waals surface area contributed by atoms with Crippen LogP contribution >= 0.6 is 0 Å². The third kappa shape index (κ3) is 6.31. The summed E-state index contributed by atoms with van der Waals surface area (Å²) in [5, 5.41) is 15.3. The van der Waals surface area contributed by atoms with E-state index in [9.17, 15) is 0 Å². The zero-order chi connectivity index (χ0) is 17.9. The molecule has 0 aliphatic carbocycles. The Hall–Kier alpha value is -2.70. The fraction of sp³-hybridized carbons (Fsp3) is 0.300. The fourth-order valence-corrected chi connectivity index (χ4v) is 2.53. The summed E-state index contributed by atoms with van der Waals surface area (Å²) in [5.74, 6) is 0. The summed E-state index contributed by atoms with van der Waals surface area (Å²) in [4.78, 5) is 8.62. The van der Waals surface area contributed by atoms with Gasteiger partial charge in [0.2, 0.25) is 0 Å². The van der Waals surface area contributed by atoms with Gasteiger partial charge in [0.25, 0.3) is 0 Å². The van der Waals surface area contributed by atoms with Crippen molar-refractivity contribution in [2.75, 3.05) is 13.1 Å². The van der Waals surface area contributed by atoms with E-state index in [1.165, 1.54) is 0 Å². The molecule has 6 heteroatoms. The van der Waals surface area contributed by atoms with Crippen LogP contribution in [0.4, 0.5) is 0 Å². The Kier molecular flexibility index (Phi) is 7.19. The molecule has 26 heavy (non-hydrogen) atoms. The molecular weight excluding hydrogens is 324 g/mol. The van der Waals surface area contributed by atoms with Crippen molar-refractivity contribution in [1.29, 1.82) is 0 Å². The Bertz CT molecular complexity index is 680. The molecule has 2 N–H and O–H groups in total. The molecule has 134 valence electrons. The summed E-state index contributed by atoms with van der Waals surface area (Å²) < 4.78 is 0. The predicted octanol–water partition coefficient (Wildman–Crippen LogP) is 1.93. The molecule has 0 spiro atoms. The minimum atomic E-state index is 0.715. The molecule has 3 aromatic heterocycles. The summed E-state index contributed by atoms with van der Waals surface area (Å²) in [7, 11) is 0. The van der Waals surface area contributed by atoms with Gasteiger partial charge in [0.05, 0.1) is 11.4 Å². The summed E-state index contributed by atoms with van der Waals surface area (Å²) in [6, 6.07) is 16.0. The molecule has 0 atom stereocenters. The van der Waals surface area contributed by atoms with Crippen molar-refractivity contribution < 1.29 is 0 Å². The molecule has 0 aliphatic heterocycles. The van der Waals surface area contributed by atoms with Gasteiger partial charge in [-0.3, -0.25) is 9.97 Å². The van der Waals surface area contributed by atoms with Crippen LogP contribution in [0.15, 0.2) is 60.9 Å². The zero-order valence-corrected chi connectivity index (χ0v) is 14.8. The largest absolute Gasteiger partial charge is 0.311 e. The van der Waals surface area contributed by atoms with Gasteiger partial charge in [-0.1, -0.05) is 12.1 Å². The van der Waals surface area contributed by atoms with Gasteiger partial charge in [-0.05, 0) is 36.4 Å². The number of hydrogen-bond donors (Lipinski definition) is 2. The van der Waals surface area contributed by atoms with E-state index in [0.717, 1.165) is 48.7 Å². The monoisotopic (exact) mass is 348 g/mol. The van der Waals surface area contributed by atoms with Crippen molar-refractivity contribution in [1.82, 2.24) is 30.8 Å². The second-order valence-corrected chi connectivity index (χ2v) is 6.01. The Morgan fingerprint density at radius 3 is 1.46 bits per heavy atom. The van der Waals surface area contributed by atoms with Crippen LogP contribution in [0.3, 0.4) is 0 Å². The third-order valence-electron chi connectivity index (χ3n) is 3.96. The first-order chi connectivity index (χ1) is 12.9. The summed E-state index contributed by atoms with van der Waals surface area (Å²) in [6.07, 6.45) is 5.47. The average Bonchev–Trinajstić information content (AvgIpc) is 2.71. The Morgan fingerprint density at radius 2 is 1.08 bits per heavy atom. The van der Waals surface area contributed by atoms with Crippen molar-refractivity contribution >= 4 is 0 Å². The van der Waals surface area contributed by atoms with E-state index in [1.807, 2.05) is 60.9 Å². The van der Waals surface area contributed by atoms with Gasteiger partial charge in [-0.25, -0.2) is 0 Å². The second kappa shape index (κ2) is 10.3. The number of rotatable bonds is 10. The molecule has 0 amide bonds. The minimum absolute atomic E-state index is 0.715. The van der Waals surface area contributed by atoms with Gasteiger partial charge in [-0.2, -0.15) is 10.2 Å². The maximum absolute atomic E-state index is 4.31. The van der Waals surface area contributed by atoms with Crippen LogP contribution in [0, 0.1) is 0 Å². The third-order valence-corrected chi connectivity index (χ3v) is 3.96. The average molecular weight is 348 g/mol. The van der Waals surface area contributed by atoms with Gasteiger partial charge in [0.15, 0.2) is 0 Å². The molecule has 0 radical (unpaired) electrons. The van der Waals surface area contributed by atoms with E-state index in [1.54, 1.807) is 0 Å². The lowest BCUT2D eigenvalue weighted by Gasteiger charge is -2.06. The molecule has 0 saturated heterocycles. The highest BCUT2D eigenvalue weighted by Gasteiger charge is 2.00. The Morgan fingerprint density at radius 1 is 0.577 bits per heavy atom. The highest BCUT2D eigenvalue weighted by atomic mass is 15.1. The normalized spacial score (nSPS) is 10.8. The Balaban J connectivity index is 1.31. The lowest BCUT2D eigenvalue weighted by Crippen LogP contribution is -2.20. The van der Waals surface area contributed by atoms with E-state index in [0.29, 0.717) is 13.1 Å². The van der Waals surface area contributed by atoms with Crippen molar-refractivity contribution in [3.8, 4) is 0 Å². The molecule has 0 unspecified atom stereocenters. The van der Waals surface area contributed by atoms with Crippen molar-refractivity contribution in [2.45, 2.75) is 25.9 Å². The molecule has 6 nitrogen and oxygen atoms in total. The molecule has 0 aliphatic rings. The van der Waals surface area contributed by atoms with E-state index in [-0.39, 0.29) is 0 Å². The molecule has 0 fully saturated rings. The highest BCUT2D eigenvalue weighted by Crippen LogP contribution is 1.98. The number of pyridine rings is 2. The first-order valence-corrected chi connectivity index (χ1v) is 8.93. The molecule has 0 saturated carbocycles. The minimum Gasteiger partial charge on any atom is -0.311 e. The quantitative estimate of drug-likeness (QED) is 0.545. The van der Waals surface area contributed by atoms with E-state index < -0.39 is 0 Å². The van der Waals surface area contributed by atoms with Crippen molar-refractivity contribution in [3.63, 3.8) is 0 Å². The maximum Gasteiger partial charge on any atom is 0.0769 e. The van der Waals surface area contributed by atoms with Crippen LogP contribution in [0.5, 0.6) is 0 Å². The van der Waals surface area contributed by atoms with E-state index in [4.69, 9.17) is 0 Å². The Labute approximate surface area is 154 Å². The van der Waals surface area contributed by atoms with Crippen LogP contribution in [0.25, 0.3) is 0 Å². The van der Waals surface area contributed by atoms with Gasteiger partial charge in [0.1, 0.15) is 0 Å². The molecular formula is C20H24N6. The van der Waals surface area contributed by atoms with Gasteiger partial charge >= 0.3 is 0 Å². The lowest BCUT2D eigenvalue weighted by molar-refractivity contribution is 0.640. The van der Waals surface area contributed by atoms with E-state index in [2.05, 4.69) is 30.8 Å². The first-order valence-electron chi connectivity index (χ1n) is 8.93. The van der Waals surface area contributed by atoms with Gasteiger partial charge in [0, 0.05) is 62.8 Å². The highest BCUT2D eigenvalue weighted by molar-refractivity contribution is 5.08. The van der Waals surface area contributed by atoms with Crippen LogP contribution in [-0.2, 0) is 25.9 Å². The second-order valence-electron chi connectivity index (χ2n) is 6.01. The summed E-state index contributed by atoms with van der Waals surface area (Å²) in [6.45, 7) is 3.17. The SMILES string of the molecule is c1ccc(CCNCc2ccc(CNCCc3ccccn3)nn2)nc1. The van der Waals surface area contributed by atoms with Gasteiger partial charge < -0.3 is 10.6 Å². The van der Waals surface area contributed by atoms with Crippen molar-refractivity contribution in [2.24, 2.45) is 0 Å². The standard InChI is InChI=1S/C20H24N6/c1-3-11-23-17(5-1)9-13-21-15-19-7-8-20(26-25-19)16-22-14-10-18-6-2-4-12-24-18/h1-8,11-12,21-22H,9-10,13-16H2. The van der Waals surface area contributed by atoms with Gasteiger partial charge in [-0.15, -0.1) is 0 Å². The molecule has 3 heterocycles. The topological polar surface area (TPSA) is 75.6 Å². The molecule has 0 aromatic carbocycles. The molecule has 3 rings (SSSR count). The summed E-state index contributed by atoms with van der Waals surface area (Å²) in [5.41, 5.74) is 4.09. The van der Waals surface area contributed by atoms with Crippen LogP contribution < -0.4 is 10.6 Å². The lowest BCUT2D eigenvalue weighted by atomic mass is 10.2. The fourth-order valence-electron chi connectivity index (χ4n) is 2.53. The summed E-state index contributed by atoms with van der Waals surface area (Å²) >= 11 is 0. The number of nitrogens with one attached hydrogen (secondary N) is 2. The first kappa shape index (κ1) is 18.1. The zero-order valence-electron chi connectivity index (χ0n) is 14.8. The number of aromatic nitrogens is 4. The number of hydrogen-bond acceptors (Lipinski definition) is 6. The number of nitrogens with zero attached hydrogens (tertiary/aromatic N) is 4.